The van der Waals surface area contributed by atoms with Gasteiger partial charge in [0.05, 0.1) is 0 Å². The third-order valence-electron chi connectivity index (χ3n) is 5.42. The summed E-state index contributed by atoms with van der Waals surface area (Å²) < 4.78 is 38.5. The minimum atomic E-state index is -4.46. The second kappa shape index (κ2) is 15.7. The summed E-state index contributed by atoms with van der Waals surface area (Å²) in [6, 6.07) is 10.7. The first kappa shape index (κ1) is 29.0. The summed E-state index contributed by atoms with van der Waals surface area (Å²) in [7, 11) is -4.46. The Balaban J connectivity index is 0.00000512. The number of rotatable bonds is 15. The zero-order valence-electron chi connectivity index (χ0n) is 19.5. The van der Waals surface area contributed by atoms with Crippen LogP contribution in [0.2, 0.25) is 0 Å². The fraction of sp³-hybridized carbons (Fsp3) is 0.520. The van der Waals surface area contributed by atoms with Crippen LogP contribution in [0.3, 0.4) is 0 Å². The number of ether oxygens (including phenoxy) is 1. The number of aryl methyl sites for hydroxylation is 1. The molecule has 2 aromatic carbocycles. The molecule has 0 saturated heterocycles. The van der Waals surface area contributed by atoms with Crippen LogP contribution < -0.4 is 39.4 Å². The predicted molar refractivity (Wildman–Crippen MR) is 122 cm³/mol. The summed E-state index contributed by atoms with van der Waals surface area (Å²) >= 11 is 0. The van der Waals surface area contributed by atoms with Crippen LogP contribution in [0.5, 0.6) is 17.2 Å². The standard InChI is InChI=1S/C25H36O5S.Na/c1-2-3-4-5-6-7-8-9-10-11-12-15-21-18-19-25(31(27,28)29)24(20-21)30-23-17-14-13-16-22(23)26;/h13-14,16-20,26H,2-12,15H2,1H3,(H,27,28,29);/q;+1/p-1. The molecule has 0 radical (unpaired) electrons. The van der Waals surface area contributed by atoms with Crippen molar-refractivity contribution in [3.8, 4) is 17.2 Å². The van der Waals surface area contributed by atoms with Crippen molar-refractivity contribution in [1.29, 1.82) is 0 Å². The van der Waals surface area contributed by atoms with Crippen molar-refractivity contribution >= 4 is 10.1 Å². The Morgan fingerprint density at radius 2 is 1.38 bits per heavy atom. The van der Waals surface area contributed by atoms with Gasteiger partial charge in [-0.1, -0.05) is 101 Å². The maximum atomic E-state index is 11.9. The normalized spacial score (nSPS) is 11.2. The molecule has 0 heterocycles. The van der Waals surface area contributed by atoms with Gasteiger partial charge in [0.1, 0.15) is 16.4 Å². The first-order valence-corrected chi connectivity index (χ1v) is 12.9. The molecule has 0 saturated carbocycles. The van der Waals surface area contributed by atoms with Crippen LogP contribution in [0.15, 0.2) is 47.4 Å². The number of hydrogen-bond donors (Lipinski definition) is 1. The van der Waals surface area contributed by atoms with E-state index < -0.39 is 10.1 Å². The molecular formula is C25H35NaO5S. The maximum Gasteiger partial charge on any atom is 1.00 e. The Morgan fingerprint density at radius 1 is 0.812 bits per heavy atom. The zero-order valence-corrected chi connectivity index (χ0v) is 22.3. The summed E-state index contributed by atoms with van der Waals surface area (Å²) in [5.41, 5.74) is 0.918. The van der Waals surface area contributed by atoms with Crippen LogP contribution in [0.4, 0.5) is 0 Å². The van der Waals surface area contributed by atoms with Gasteiger partial charge in [0, 0.05) is 0 Å². The van der Waals surface area contributed by atoms with Crippen molar-refractivity contribution in [2.24, 2.45) is 0 Å². The van der Waals surface area contributed by atoms with Crippen LogP contribution in [-0.2, 0) is 16.5 Å². The molecule has 0 atom stereocenters. The van der Waals surface area contributed by atoms with Gasteiger partial charge >= 0.3 is 29.6 Å². The van der Waals surface area contributed by atoms with E-state index in [2.05, 4.69) is 6.92 Å². The summed E-state index contributed by atoms with van der Waals surface area (Å²) in [4.78, 5) is -0.335. The Bertz CT molecular complexity index is 899. The molecule has 172 valence electrons. The minimum absolute atomic E-state index is 0. The van der Waals surface area contributed by atoms with E-state index in [9.17, 15) is 18.1 Å². The summed E-state index contributed by atoms with van der Waals surface area (Å²) in [6.07, 6.45) is 14.7. The van der Waals surface area contributed by atoms with E-state index in [1.807, 2.05) is 0 Å². The Kier molecular flexibility index (Phi) is 14.2. The van der Waals surface area contributed by atoms with E-state index in [1.165, 1.54) is 76.0 Å². The molecule has 2 aromatic rings. The fourth-order valence-electron chi connectivity index (χ4n) is 3.65. The summed E-state index contributed by atoms with van der Waals surface area (Å²) in [6.45, 7) is 2.24. The van der Waals surface area contributed by atoms with Crippen molar-refractivity contribution in [3.63, 3.8) is 0 Å². The van der Waals surface area contributed by atoms with Crippen molar-refractivity contribution in [1.82, 2.24) is 0 Å². The zero-order chi connectivity index (χ0) is 22.5. The molecule has 0 spiro atoms. The number of unbranched alkanes of at least 4 members (excludes halogenated alkanes) is 10. The molecule has 0 aliphatic heterocycles. The molecule has 0 aromatic heterocycles. The largest absolute Gasteiger partial charge is 1.00 e. The summed E-state index contributed by atoms with van der Waals surface area (Å²) in [5, 5.41) is 11.9. The van der Waals surface area contributed by atoms with E-state index in [4.69, 9.17) is 4.74 Å². The summed E-state index contributed by atoms with van der Waals surface area (Å²) in [5.74, 6) is -0.342. The van der Waals surface area contributed by atoms with Crippen molar-refractivity contribution in [3.05, 3.63) is 48.0 Å². The van der Waals surface area contributed by atoms with Crippen LogP contribution in [-0.4, -0.2) is 13.0 Å². The van der Waals surface area contributed by atoms with Gasteiger partial charge in [0.2, 0.25) is 0 Å². The van der Waals surface area contributed by atoms with Crippen LogP contribution >= 0.6 is 0 Å². The maximum absolute atomic E-state index is 11.9. The Labute approximate surface area is 215 Å². The van der Waals surface area contributed by atoms with Crippen LogP contribution in [0, 0.1) is 0 Å². The molecule has 0 aliphatic rings. The van der Waals surface area contributed by atoms with Crippen LogP contribution in [0.25, 0.3) is 0 Å². The van der Waals surface area contributed by atoms with Gasteiger partial charge in [-0.05, 0) is 36.6 Å². The van der Waals surface area contributed by atoms with E-state index in [0.717, 1.165) is 24.8 Å². The molecule has 0 aliphatic carbocycles. The predicted octanol–water partition coefficient (Wildman–Crippen LogP) is 3.66. The number of benzene rings is 2. The number of hydrogen-bond acceptors (Lipinski definition) is 4. The van der Waals surface area contributed by atoms with Gasteiger partial charge in [-0.25, -0.2) is 0 Å². The Hall–Kier alpha value is -1.05. The molecule has 0 fully saturated rings. The molecule has 0 amide bonds. The van der Waals surface area contributed by atoms with Gasteiger partial charge < -0.3 is 9.84 Å². The van der Waals surface area contributed by atoms with Gasteiger partial charge in [-0.3, -0.25) is 4.55 Å². The molecular weight excluding hydrogens is 435 g/mol. The average Bonchev–Trinajstić information content (AvgIpc) is 2.73. The van der Waals surface area contributed by atoms with Gasteiger partial charge in [0.25, 0.3) is 10.1 Å². The quantitative estimate of drug-likeness (QED) is 0.244. The second-order valence-corrected chi connectivity index (χ2v) is 9.48. The number of para-hydroxylation sites is 2. The average molecular weight is 471 g/mol. The van der Waals surface area contributed by atoms with Gasteiger partial charge in [-0.2, -0.15) is 8.42 Å². The second-order valence-electron chi connectivity index (χ2n) is 8.09. The smallest absolute Gasteiger partial charge is 0.870 e. The van der Waals surface area contributed by atoms with Gasteiger partial charge in [-0.15, -0.1) is 0 Å². The Morgan fingerprint density at radius 3 is 1.94 bits per heavy atom. The first-order chi connectivity index (χ1) is 14.9. The SMILES string of the molecule is CCCCCCCCCCCCCc1ccc(S(=O)(=O)O)c(Oc2ccccc2[O-])c1.[Na+]. The van der Waals surface area contributed by atoms with Crippen molar-refractivity contribution in [2.75, 3.05) is 0 Å². The molecule has 7 heteroatoms. The van der Waals surface area contributed by atoms with E-state index in [-0.39, 0.29) is 51.7 Å². The van der Waals surface area contributed by atoms with Gasteiger partial charge in [0.15, 0.2) is 0 Å². The monoisotopic (exact) mass is 470 g/mol. The minimum Gasteiger partial charge on any atom is -0.870 e. The third-order valence-corrected chi connectivity index (χ3v) is 6.32. The molecule has 32 heavy (non-hydrogen) atoms. The van der Waals surface area contributed by atoms with Crippen LogP contribution in [0.1, 0.15) is 83.1 Å². The molecule has 0 bridgehead atoms. The molecule has 0 unspecified atom stereocenters. The topological polar surface area (TPSA) is 86.7 Å². The van der Waals surface area contributed by atoms with Crippen molar-refractivity contribution in [2.45, 2.75) is 88.9 Å². The fourth-order valence-corrected chi connectivity index (χ4v) is 4.24. The third kappa shape index (κ3) is 10.7. The first-order valence-electron chi connectivity index (χ1n) is 11.5. The van der Waals surface area contributed by atoms with E-state index >= 15 is 0 Å². The van der Waals surface area contributed by atoms with E-state index in [0.29, 0.717) is 0 Å². The molecule has 1 N–H and O–H groups in total. The molecule has 2 rings (SSSR count). The molecule has 5 nitrogen and oxygen atoms in total. The van der Waals surface area contributed by atoms with Crippen molar-refractivity contribution < 1.29 is 52.4 Å². The van der Waals surface area contributed by atoms with E-state index in [1.54, 1.807) is 24.3 Å².